The molecule has 212 valence electrons. The summed E-state index contributed by atoms with van der Waals surface area (Å²) in [6.07, 6.45) is 5.73. The van der Waals surface area contributed by atoms with Gasteiger partial charge in [0.2, 0.25) is 0 Å². The van der Waals surface area contributed by atoms with Crippen molar-refractivity contribution in [2.75, 3.05) is 65.7 Å². The molecule has 35 heavy (non-hydrogen) atoms. The molecule has 0 rings (SSSR count). The zero-order valence-corrected chi connectivity index (χ0v) is 26.7. The Kier molecular flexibility index (Phi) is 22.3. The van der Waals surface area contributed by atoms with Gasteiger partial charge in [-0.2, -0.15) is 0 Å². The molecule has 0 aliphatic rings. The summed E-state index contributed by atoms with van der Waals surface area (Å²) >= 11 is 0. The third-order valence-corrected chi connectivity index (χ3v) is 13.1. The Morgan fingerprint density at radius 3 is 0.971 bits per heavy atom. The summed E-state index contributed by atoms with van der Waals surface area (Å²) in [6, 6.07) is 1.61. The minimum atomic E-state index is -2.99. The van der Waals surface area contributed by atoms with E-state index in [9.17, 15) is 0 Å². The van der Waals surface area contributed by atoms with Crippen molar-refractivity contribution in [3.63, 3.8) is 0 Å². The molecule has 0 heterocycles. The lowest BCUT2D eigenvalue weighted by molar-refractivity contribution is 0.0392. The summed E-state index contributed by atoms with van der Waals surface area (Å²) in [4.78, 5) is 4.91. The van der Waals surface area contributed by atoms with Crippen LogP contribution in [-0.2, 0) is 21.8 Å². The van der Waals surface area contributed by atoms with E-state index in [1.54, 1.807) is 0 Å². The monoisotopic (exact) mass is 536 g/mol. The van der Waals surface area contributed by atoms with E-state index in [0.717, 1.165) is 89.9 Å². The van der Waals surface area contributed by atoms with Crippen molar-refractivity contribution in [3.05, 3.63) is 0 Å². The lowest BCUT2D eigenvalue weighted by atomic mass is 10.4. The van der Waals surface area contributed by atoms with Gasteiger partial charge >= 0.3 is 17.6 Å². The maximum atomic E-state index is 7.08. The van der Waals surface area contributed by atoms with Gasteiger partial charge in [-0.1, -0.05) is 55.4 Å². The molecular formula is C26H60N2O5Si2. The first-order valence-electron chi connectivity index (χ1n) is 14.6. The molecule has 7 nitrogen and oxygen atoms in total. The van der Waals surface area contributed by atoms with Crippen molar-refractivity contribution < 1.29 is 21.8 Å². The molecule has 0 aromatic carbocycles. The van der Waals surface area contributed by atoms with Crippen LogP contribution in [0.4, 0.5) is 0 Å². The highest BCUT2D eigenvalue weighted by Crippen LogP contribution is 2.29. The van der Waals surface area contributed by atoms with E-state index < -0.39 is 17.6 Å². The second-order valence-corrected chi connectivity index (χ2v) is 14.8. The average molecular weight is 537 g/mol. The Morgan fingerprint density at radius 1 is 0.457 bits per heavy atom. The molecule has 0 fully saturated rings. The predicted octanol–water partition coefficient (Wildman–Crippen LogP) is 6.05. The Balaban J connectivity index is 5.95. The smallest absolute Gasteiger partial charge is 0.374 e. The SMILES string of the molecule is CCCO[Si](CCCN(CC)CC)(OCCC)O[Si](CCCN(CC)CC)(OCCC)OCCC. The highest BCUT2D eigenvalue weighted by Gasteiger charge is 2.53. The van der Waals surface area contributed by atoms with Crippen LogP contribution in [0.3, 0.4) is 0 Å². The first-order valence-corrected chi connectivity index (χ1v) is 18.5. The maximum absolute atomic E-state index is 7.08. The maximum Gasteiger partial charge on any atom is 0.493 e. The molecule has 0 aromatic heterocycles. The quantitative estimate of drug-likeness (QED) is 0.125. The highest BCUT2D eigenvalue weighted by molar-refractivity contribution is 6.75. The second kappa shape index (κ2) is 22.2. The first-order chi connectivity index (χ1) is 16.9. The predicted molar refractivity (Wildman–Crippen MR) is 152 cm³/mol. The molecule has 0 atom stereocenters. The van der Waals surface area contributed by atoms with Crippen LogP contribution in [0.25, 0.3) is 0 Å². The van der Waals surface area contributed by atoms with Crippen LogP contribution < -0.4 is 0 Å². The summed E-state index contributed by atoms with van der Waals surface area (Å²) in [5.74, 6) is 0. The van der Waals surface area contributed by atoms with Crippen LogP contribution in [-0.4, -0.2) is 93.1 Å². The zero-order chi connectivity index (χ0) is 26.4. The van der Waals surface area contributed by atoms with Gasteiger partial charge in [-0.05, 0) is 77.8 Å². The van der Waals surface area contributed by atoms with Crippen molar-refractivity contribution in [3.8, 4) is 0 Å². The van der Waals surface area contributed by atoms with Crippen molar-refractivity contribution in [2.45, 2.75) is 106 Å². The largest absolute Gasteiger partial charge is 0.493 e. The average Bonchev–Trinajstić information content (AvgIpc) is 2.88. The highest BCUT2D eigenvalue weighted by atomic mass is 28.5. The fourth-order valence-electron chi connectivity index (χ4n) is 3.98. The third kappa shape index (κ3) is 15.2. The Hall–Kier alpha value is 0.154. The number of hydrogen-bond acceptors (Lipinski definition) is 7. The van der Waals surface area contributed by atoms with Crippen molar-refractivity contribution in [2.24, 2.45) is 0 Å². The molecular weight excluding hydrogens is 476 g/mol. The summed E-state index contributed by atoms with van der Waals surface area (Å²) in [5.41, 5.74) is 0. The molecule has 0 radical (unpaired) electrons. The lowest BCUT2D eigenvalue weighted by Gasteiger charge is -2.39. The van der Waals surface area contributed by atoms with E-state index in [4.69, 9.17) is 21.8 Å². The van der Waals surface area contributed by atoms with Crippen LogP contribution in [0.15, 0.2) is 0 Å². The normalized spacial score (nSPS) is 12.9. The topological polar surface area (TPSA) is 52.6 Å². The molecule has 0 N–H and O–H groups in total. The summed E-state index contributed by atoms with van der Waals surface area (Å²) in [7, 11) is -5.98. The van der Waals surface area contributed by atoms with E-state index in [-0.39, 0.29) is 0 Å². The van der Waals surface area contributed by atoms with Gasteiger partial charge in [0.25, 0.3) is 0 Å². The molecule has 0 bridgehead atoms. The summed E-state index contributed by atoms with van der Waals surface area (Å²) < 4.78 is 33.3. The number of nitrogens with zero attached hydrogens (tertiary/aromatic N) is 2. The Morgan fingerprint density at radius 2 is 0.743 bits per heavy atom. The second-order valence-electron chi connectivity index (χ2n) is 9.12. The number of hydrogen-bond donors (Lipinski definition) is 0. The van der Waals surface area contributed by atoms with Crippen LogP contribution in [0.2, 0.25) is 12.1 Å². The van der Waals surface area contributed by atoms with E-state index >= 15 is 0 Å². The van der Waals surface area contributed by atoms with E-state index in [1.165, 1.54) is 0 Å². The van der Waals surface area contributed by atoms with Gasteiger partial charge in [0.1, 0.15) is 0 Å². The number of rotatable bonds is 26. The van der Waals surface area contributed by atoms with Gasteiger partial charge < -0.3 is 31.6 Å². The van der Waals surface area contributed by atoms with Gasteiger partial charge in [-0.25, -0.2) is 0 Å². The van der Waals surface area contributed by atoms with Crippen molar-refractivity contribution in [1.82, 2.24) is 9.80 Å². The van der Waals surface area contributed by atoms with Crippen LogP contribution in [0, 0.1) is 0 Å². The molecule has 0 saturated carbocycles. The van der Waals surface area contributed by atoms with Gasteiger partial charge in [-0.15, -0.1) is 0 Å². The fourth-order valence-corrected chi connectivity index (χ4v) is 11.6. The van der Waals surface area contributed by atoms with E-state index in [1.807, 2.05) is 0 Å². The molecule has 0 aliphatic carbocycles. The van der Waals surface area contributed by atoms with E-state index in [0.29, 0.717) is 26.4 Å². The van der Waals surface area contributed by atoms with Crippen LogP contribution >= 0.6 is 0 Å². The van der Waals surface area contributed by atoms with Crippen LogP contribution in [0.1, 0.15) is 93.9 Å². The molecule has 0 saturated heterocycles. The summed E-state index contributed by atoms with van der Waals surface area (Å²) in [5, 5.41) is 0. The Labute approximate surface area is 220 Å². The molecule has 0 unspecified atom stereocenters. The van der Waals surface area contributed by atoms with E-state index in [2.05, 4.69) is 65.2 Å². The van der Waals surface area contributed by atoms with Crippen molar-refractivity contribution in [1.29, 1.82) is 0 Å². The minimum absolute atomic E-state index is 0.646. The molecule has 0 amide bonds. The Bertz CT molecular complexity index is 413. The third-order valence-electron chi connectivity index (χ3n) is 6.12. The van der Waals surface area contributed by atoms with Crippen LogP contribution in [0.5, 0.6) is 0 Å². The molecule has 0 spiro atoms. The molecule has 9 heteroatoms. The van der Waals surface area contributed by atoms with Crippen molar-refractivity contribution >= 4 is 17.6 Å². The van der Waals surface area contributed by atoms with Gasteiger partial charge in [0.05, 0.1) is 0 Å². The fraction of sp³-hybridized carbons (Fsp3) is 1.00. The minimum Gasteiger partial charge on any atom is -0.374 e. The lowest BCUT2D eigenvalue weighted by Crippen LogP contribution is -2.59. The summed E-state index contributed by atoms with van der Waals surface area (Å²) in [6.45, 7) is 26.3. The van der Waals surface area contributed by atoms with Gasteiger partial charge in [0.15, 0.2) is 0 Å². The first kappa shape index (κ1) is 35.2. The molecule has 0 aromatic rings. The molecule has 0 aliphatic heterocycles. The zero-order valence-electron chi connectivity index (χ0n) is 24.7. The van der Waals surface area contributed by atoms with Gasteiger partial charge in [0, 0.05) is 38.5 Å². The van der Waals surface area contributed by atoms with Gasteiger partial charge in [-0.3, -0.25) is 0 Å². The standard InChI is InChI=1S/C26H60N2O5Si2/c1-9-21-29-34(30-22-10-2,25-17-19-27(13-5)14-6)33-35(31-23-11-3,32-24-12-4)26-18-20-28(15-7)16-8/h9-26H2,1-8H3.